The van der Waals surface area contributed by atoms with E-state index in [0.29, 0.717) is 30.3 Å². The highest BCUT2D eigenvalue weighted by atomic mass is 35.5. The van der Waals surface area contributed by atoms with E-state index in [1.807, 2.05) is 13.8 Å². The van der Waals surface area contributed by atoms with Crippen LogP contribution in [0.5, 0.6) is 5.75 Å². The molecule has 0 saturated carbocycles. The Hall–Kier alpha value is -1.10. The number of likely N-dealkylation sites (N-methyl/N-ethyl adjacent to an activating group) is 1. The smallest absolute Gasteiger partial charge is 0.163 e. The van der Waals surface area contributed by atoms with Gasteiger partial charge in [-0.05, 0) is 32.5 Å². The van der Waals surface area contributed by atoms with Crippen LogP contribution in [0.25, 0.3) is 0 Å². The lowest BCUT2D eigenvalue weighted by Crippen LogP contribution is -2.27. The first kappa shape index (κ1) is 17.0. The van der Waals surface area contributed by atoms with Crippen molar-refractivity contribution in [3.63, 3.8) is 0 Å². The van der Waals surface area contributed by atoms with Crippen LogP contribution < -0.4 is 0 Å². The predicted octanol–water partition coefficient (Wildman–Crippen LogP) is 3.11. The normalized spacial score (nSPS) is 11.1. The Balaban J connectivity index is 2.87. The quantitative estimate of drug-likeness (QED) is 0.592. The second kappa shape index (κ2) is 8.25. The number of nitrogens with zero attached hydrogens (tertiary/aromatic N) is 1. The van der Waals surface area contributed by atoms with Gasteiger partial charge in [0.1, 0.15) is 5.75 Å². The number of halogens is 1. The number of hydrogen-bond acceptors (Lipinski definition) is 4. The maximum absolute atomic E-state index is 11.5. The van der Waals surface area contributed by atoms with Crippen molar-refractivity contribution < 1.29 is 14.6 Å². The zero-order valence-corrected chi connectivity index (χ0v) is 13.0. The van der Waals surface area contributed by atoms with Crippen molar-refractivity contribution in [3.05, 3.63) is 28.3 Å². The Morgan fingerprint density at radius 3 is 2.65 bits per heavy atom. The molecule has 112 valence electrons. The lowest BCUT2D eigenvalue weighted by atomic mass is 10.1. The molecule has 1 rings (SSSR count). The number of ether oxygens (including phenoxy) is 1. The van der Waals surface area contributed by atoms with Gasteiger partial charge >= 0.3 is 0 Å². The number of rotatable bonds is 8. The molecular formula is C15H22ClNO3. The molecule has 0 unspecified atom stereocenters. The van der Waals surface area contributed by atoms with E-state index >= 15 is 0 Å². The van der Waals surface area contributed by atoms with Gasteiger partial charge in [0.2, 0.25) is 0 Å². The Kier molecular flexibility index (Phi) is 6.99. The van der Waals surface area contributed by atoms with Gasteiger partial charge in [-0.25, -0.2) is 0 Å². The SMILES string of the molecule is CCOCCN(CC)Cc1cc(Cl)cc(C(C)=O)c1O. The van der Waals surface area contributed by atoms with Gasteiger partial charge in [0.25, 0.3) is 0 Å². The minimum Gasteiger partial charge on any atom is -0.507 e. The topological polar surface area (TPSA) is 49.8 Å². The molecule has 1 aromatic carbocycles. The van der Waals surface area contributed by atoms with E-state index < -0.39 is 0 Å². The Bertz CT molecular complexity index is 463. The van der Waals surface area contributed by atoms with Crippen molar-refractivity contribution in [3.8, 4) is 5.75 Å². The third kappa shape index (κ3) is 4.78. The number of carbonyl (C=O) groups is 1. The molecule has 0 amide bonds. The van der Waals surface area contributed by atoms with E-state index in [-0.39, 0.29) is 17.1 Å². The zero-order chi connectivity index (χ0) is 15.1. The van der Waals surface area contributed by atoms with Gasteiger partial charge in [-0.1, -0.05) is 18.5 Å². The van der Waals surface area contributed by atoms with E-state index in [9.17, 15) is 9.90 Å². The highest BCUT2D eigenvalue weighted by molar-refractivity contribution is 6.31. The summed E-state index contributed by atoms with van der Waals surface area (Å²) >= 11 is 6.01. The van der Waals surface area contributed by atoms with Crippen LogP contribution in [-0.4, -0.2) is 42.1 Å². The molecule has 0 heterocycles. The average Bonchev–Trinajstić information content (AvgIpc) is 2.40. The van der Waals surface area contributed by atoms with Gasteiger partial charge in [-0.3, -0.25) is 9.69 Å². The fourth-order valence-electron chi connectivity index (χ4n) is 1.97. The number of Topliss-reactive ketones (excluding diaryl/α,β-unsaturated/α-hetero) is 1. The van der Waals surface area contributed by atoms with E-state index in [1.165, 1.54) is 13.0 Å². The summed E-state index contributed by atoms with van der Waals surface area (Å²) in [5, 5.41) is 10.6. The molecule has 0 fully saturated rings. The number of carbonyl (C=O) groups excluding carboxylic acids is 1. The molecule has 5 heteroatoms. The maximum atomic E-state index is 11.5. The van der Waals surface area contributed by atoms with Crippen LogP contribution in [0.4, 0.5) is 0 Å². The molecule has 0 atom stereocenters. The predicted molar refractivity (Wildman–Crippen MR) is 80.6 cm³/mol. The van der Waals surface area contributed by atoms with Gasteiger partial charge in [0, 0.05) is 30.3 Å². The molecular weight excluding hydrogens is 278 g/mol. The first-order valence-electron chi connectivity index (χ1n) is 6.82. The van der Waals surface area contributed by atoms with E-state index in [1.54, 1.807) is 6.07 Å². The van der Waals surface area contributed by atoms with E-state index in [0.717, 1.165) is 13.1 Å². The van der Waals surface area contributed by atoms with Crippen LogP contribution >= 0.6 is 11.6 Å². The molecule has 4 nitrogen and oxygen atoms in total. The maximum Gasteiger partial charge on any atom is 0.163 e. The Morgan fingerprint density at radius 2 is 2.10 bits per heavy atom. The van der Waals surface area contributed by atoms with Crippen LogP contribution in [0.2, 0.25) is 5.02 Å². The fourth-order valence-corrected chi connectivity index (χ4v) is 2.21. The summed E-state index contributed by atoms with van der Waals surface area (Å²) in [5.41, 5.74) is 0.939. The number of ketones is 1. The zero-order valence-electron chi connectivity index (χ0n) is 12.3. The summed E-state index contributed by atoms with van der Waals surface area (Å²) < 4.78 is 5.34. The van der Waals surface area contributed by atoms with Crippen LogP contribution in [0, 0.1) is 0 Å². The average molecular weight is 300 g/mol. The molecule has 1 N–H and O–H groups in total. The monoisotopic (exact) mass is 299 g/mol. The lowest BCUT2D eigenvalue weighted by Gasteiger charge is -2.21. The van der Waals surface area contributed by atoms with Crippen LogP contribution in [0.15, 0.2) is 12.1 Å². The van der Waals surface area contributed by atoms with Crippen molar-refractivity contribution in [2.24, 2.45) is 0 Å². The molecule has 0 spiro atoms. The number of phenols is 1. The molecule has 0 aliphatic carbocycles. The lowest BCUT2D eigenvalue weighted by molar-refractivity contribution is 0.101. The van der Waals surface area contributed by atoms with Gasteiger partial charge < -0.3 is 9.84 Å². The Labute approximate surface area is 125 Å². The third-order valence-electron chi connectivity index (χ3n) is 3.13. The van der Waals surface area contributed by atoms with E-state index in [4.69, 9.17) is 16.3 Å². The van der Waals surface area contributed by atoms with Crippen LogP contribution in [-0.2, 0) is 11.3 Å². The van der Waals surface area contributed by atoms with Crippen molar-refractivity contribution in [2.45, 2.75) is 27.3 Å². The standard InChI is InChI=1S/C15H22ClNO3/c1-4-17(6-7-20-5-2)10-12-8-13(16)9-14(11(3)18)15(12)19/h8-9,19H,4-7,10H2,1-3H3. The molecule has 0 saturated heterocycles. The second-order valence-corrected chi connectivity index (χ2v) is 5.02. The second-order valence-electron chi connectivity index (χ2n) is 4.58. The third-order valence-corrected chi connectivity index (χ3v) is 3.35. The minimum atomic E-state index is -0.191. The van der Waals surface area contributed by atoms with E-state index in [2.05, 4.69) is 4.90 Å². The first-order chi connectivity index (χ1) is 9.49. The first-order valence-corrected chi connectivity index (χ1v) is 7.19. The van der Waals surface area contributed by atoms with Crippen molar-refractivity contribution in [1.82, 2.24) is 4.90 Å². The largest absolute Gasteiger partial charge is 0.507 e. The van der Waals surface area contributed by atoms with Gasteiger partial charge in [0.05, 0.1) is 12.2 Å². The molecule has 0 aromatic heterocycles. The van der Waals surface area contributed by atoms with Crippen LogP contribution in [0.3, 0.4) is 0 Å². The van der Waals surface area contributed by atoms with Crippen LogP contribution in [0.1, 0.15) is 36.7 Å². The highest BCUT2D eigenvalue weighted by Gasteiger charge is 2.15. The summed E-state index contributed by atoms with van der Waals surface area (Å²) in [6.07, 6.45) is 0. The molecule has 0 aliphatic rings. The van der Waals surface area contributed by atoms with Crippen molar-refractivity contribution in [2.75, 3.05) is 26.3 Å². The summed E-state index contributed by atoms with van der Waals surface area (Å²) in [6, 6.07) is 3.20. The summed E-state index contributed by atoms with van der Waals surface area (Å²) in [6.45, 7) is 8.88. The molecule has 1 aromatic rings. The minimum absolute atomic E-state index is 0.0248. The number of benzene rings is 1. The van der Waals surface area contributed by atoms with Gasteiger partial charge in [0.15, 0.2) is 5.78 Å². The fraction of sp³-hybridized carbons (Fsp3) is 0.533. The van der Waals surface area contributed by atoms with Gasteiger partial charge in [-0.2, -0.15) is 0 Å². The summed E-state index contributed by atoms with van der Waals surface area (Å²) in [5.74, 6) is -0.166. The number of phenolic OH excluding ortho intramolecular Hbond substituents is 1. The number of aromatic hydroxyl groups is 1. The summed E-state index contributed by atoms with van der Waals surface area (Å²) in [4.78, 5) is 13.6. The molecule has 0 aliphatic heterocycles. The molecule has 0 radical (unpaired) electrons. The van der Waals surface area contributed by atoms with Crippen molar-refractivity contribution in [1.29, 1.82) is 0 Å². The van der Waals surface area contributed by atoms with Crippen molar-refractivity contribution >= 4 is 17.4 Å². The highest BCUT2D eigenvalue weighted by Crippen LogP contribution is 2.28. The molecule has 0 bridgehead atoms. The number of hydrogen-bond donors (Lipinski definition) is 1. The van der Waals surface area contributed by atoms with Gasteiger partial charge in [-0.15, -0.1) is 0 Å². The Morgan fingerprint density at radius 1 is 1.40 bits per heavy atom. The molecule has 20 heavy (non-hydrogen) atoms. The summed E-state index contributed by atoms with van der Waals surface area (Å²) in [7, 11) is 0.